The van der Waals surface area contributed by atoms with E-state index in [9.17, 15) is 23.1 Å². The van der Waals surface area contributed by atoms with Gasteiger partial charge in [0.2, 0.25) is 0 Å². The summed E-state index contributed by atoms with van der Waals surface area (Å²) in [7, 11) is 0. The normalized spacial score (nSPS) is 10.7. The summed E-state index contributed by atoms with van der Waals surface area (Å²) in [5.74, 6) is -2.80. The van der Waals surface area contributed by atoms with Gasteiger partial charge in [0.1, 0.15) is 6.07 Å². The Morgan fingerprint density at radius 3 is 2.58 bits per heavy atom. The third-order valence-electron chi connectivity index (χ3n) is 1.94. The van der Waals surface area contributed by atoms with Crippen LogP contribution in [0.25, 0.3) is 0 Å². The van der Waals surface area contributed by atoms with Gasteiger partial charge in [0, 0.05) is 6.07 Å². The highest BCUT2D eigenvalue weighted by atomic mass is 19.4. The first kappa shape index (κ1) is 14.6. The smallest absolute Gasteiger partial charge is 0.504 e. The quantitative estimate of drug-likeness (QED) is 0.856. The Labute approximate surface area is 105 Å². The summed E-state index contributed by atoms with van der Waals surface area (Å²) in [6.07, 6.45) is -5.02. The molecule has 19 heavy (non-hydrogen) atoms. The van der Waals surface area contributed by atoms with E-state index in [1.54, 1.807) is 0 Å². The molecule has 8 heteroatoms. The summed E-state index contributed by atoms with van der Waals surface area (Å²) in [4.78, 5) is 11.4. The van der Waals surface area contributed by atoms with Gasteiger partial charge in [-0.1, -0.05) is 0 Å². The van der Waals surface area contributed by atoms with Crippen molar-refractivity contribution in [2.24, 2.45) is 0 Å². The average Bonchev–Trinajstić information content (AvgIpc) is 2.29. The molecule has 0 aliphatic heterocycles. The molecule has 1 rings (SSSR count). The number of carbonyl (C=O) groups is 1. The monoisotopic (exact) mass is 275 g/mol. The van der Waals surface area contributed by atoms with Crippen LogP contribution in [0.1, 0.15) is 22.8 Å². The maximum absolute atomic E-state index is 12.0. The molecule has 1 aromatic carbocycles. The second-order valence-corrected chi connectivity index (χ2v) is 3.25. The molecule has 0 atom stereocenters. The molecular formula is C11H8F3NO4. The highest BCUT2D eigenvalue weighted by molar-refractivity contribution is 5.93. The molecule has 5 nitrogen and oxygen atoms in total. The molecule has 1 N–H and O–H groups in total. The number of hydrogen-bond acceptors (Lipinski definition) is 5. The van der Waals surface area contributed by atoms with Crippen molar-refractivity contribution >= 4 is 5.97 Å². The van der Waals surface area contributed by atoms with Crippen molar-refractivity contribution in [2.45, 2.75) is 13.3 Å². The van der Waals surface area contributed by atoms with Crippen molar-refractivity contribution < 1.29 is 32.5 Å². The topological polar surface area (TPSA) is 79.6 Å². The van der Waals surface area contributed by atoms with E-state index in [-0.39, 0.29) is 12.2 Å². The standard InChI is InChI=1S/C11H8F3NO4/c1-2-18-10(17)7-4-8(16)9(3-6(7)5-15)19-11(12,13)14/h3-4,16H,2H2,1H3. The lowest BCUT2D eigenvalue weighted by atomic mass is 10.1. The molecule has 0 spiro atoms. The fourth-order valence-corrected chi connectivity index (χ4v) is 1.25. The number of ether oxygens (including phenoxy) is 2. The van der Waals surface area contributed by atoms with Crippen molar-refractivity contribution in [1.82, 2.24) is 0 Å². The summed E-state index contributed by atoms with van der Waals surface area (Å²) in [6, 6.07) is 2.84. The van der Waals surface area contributed by atoms with Crippen LogP contribution in [-0.2, 0) is 4.74 Å². The summed E-state index contributed by atoms with van der Waals surface area (Å²) < 4.78 is 44.2. The number of rotatable bonds is 3. The maximum Gasteiger partial charge on any atom is 0.573 e. The van der Waals surface area contributed by atoms with Crippen LogP contribution in [0.15, 0.2) is 12.1 Å². The Balaban J connectivity index is 3.22. The molecule has 0 amide bonds. The van der Waals surface area contributed by atoms with Crippen molar-refractivity contribution in [3.63, 3.8) is 0 Å². The van der Waals surface area contributed by atoms with Gasteiger partial charge in [-0.25, -0.2) is 4.79 Å². The largest absolute Gasteiger partial charge is 0.573 e. The number of nitriles is 1. The number of aromatic hydroxyl groups is 1. The van der Waals surface area contributed by atoms with Crippen LogP contribution in [0, 0.1) is 11.3 Å². The third-order valence-corrected chi connectivity index (χ3v) is 1.94. The first-order valence-electron chi connectivity index (χ1n) is 4.98. The van der Waals surface area contributed by atoms with Gasteiger partial charge in [0.25, 0.3) is 0 Å². The fourth-order valence-electron chi connectivity index (χ4n) is 1.25. The zero-order valence-corrected chi connectivity index (χ0v) is 9.61. The molecule has 0 unspecified atom stereocenters. The van der Waals surface area contributed by atoms with Crippen molar-refractivity contribution in [2.75, 3.05) is 6.61 Å². The van der Waals surface area contributed by atoms with Gasteiger partial charge in [0.05, 0.1) is 17.7 Å². The number of phenols is 1. The highest BCUT2D eigenvalue weighted by Crippen LogP contribution is 2.34. The van der Waals surface area contributed by atoms with Crippen molar-refractivity contribution in [3.05, 3.63) is 23.3 Å². The zero-order chi connectivity index (χ0) is 14.6. The van der Waals surface area contributed by atoms with Crippen LogP contribution >= 0.6 is 0 Å². The van der Waals surface area contributed by atoms with E-state index in [4.69, 9.17) is 5.26 Å². The second-order valence-electron chi connectivity index (χ2n) is 3.25. The highest BCUT2D eigenvalue weighted by Gasteiger charge is 2.33. The molecule has 102 valence electrons. The second kappa shape index (κ2) is 5.48. The lowest BCUT2D eigenvalue weighted by Gasteiger charge is -2.12. The Hall–Kier alpha value is -2.43. The molecular weight excluding hydrogens is 267 g/mol. The van der Waals surface area contributed by atoms with Crippen LogP contribution < -0.4 is 4.74 Å². The molecule has 0 heterocycles. The Morgan fingerprint density at radius 2 is 2.11 bits per heavy atom. The maximum atomic E-state index is 12.0. The number of alkyl halides is 3. The minimum atomic E-state index is -5.02. The molecule has 0 bridgehead atoms. The fraction of sp³-hybridized carbons (Fsp3) is 0.273. The van der Waals surface area contributed by atoms with E-state index in [0.29, 0.717) is 12.1 Å². The molecule has 0 aromatic heterocycles. The van der Waals surface area contributed by atoms with Gasteiger partial charge >= 0.3 is 12.3 Å². The number of nitrogens with zero attached hydrogens (tertiary/aromatic N) is 1. The van der Waals surface area contributed by atoms with Crippen LogP contribution in [0.5, 0.6) is 11.5 Å². The van der Waals surface area contributed by atoms with Crippen molar-refractivity contribution in [3.8, 4) is 17.6 Å². The first-order valence-corrected chi connectivity index (χ1v) is 4.98. The van der Waals surface area contributed by atoms with Crippen molar-refractivity contribution in [1.29, 1.82) is 5.26 Å². The summed E-state index contributed by atoms with van der Waals surface area (Å²) in [5.41, 5.74) is -0.730. The van der Waals surface area contributed by atoms with E-state index in [1.807, 2.05) is 0 Å². The SMILES string of the molecule is CCOC(=O)c1cc(O)c(OC(F)(F)F)cc1C#N. The lowest BCUT2D eigenvalue weighted by molar-refractivity contribution is -0.275. The third kappa shape index (κ3) is 3.77. The number of carbonyl (C=O) groups excluding carboxylic acids is 1. The van der Waals surface area contributed by atoms with E-state index in [0.717, 1.165) is 0 Å². The molecule has 0 fully saturated rings. The van der Waals surface area contributed by atoms with Gasteiger partial charge in [-0.05, 0) is 13.0 Å². The molecule has 0 aliphatic carbocycles. The van der Waals surface area contributed by atoms with E-state index >= 15 is 0 Å². The Morgan fingerprint density at radius 1 is 1.47 bits per heavy atom. The summed E-state index contributed by atoms with van der Waals surface area (Å²) in [5, 5.41) is 18.1. The van der Waals surface area contributed by atoms with Gasteiger partial charge in [-0.3, -0.25) is 0 Å². The number of hydrogen-bond donors (Lipinski definition) is 1. The van der Waals surface area contributed by atoms with Crippen LogP contribution in [0.4, 0.5) is 13.2 Å². The van der Waals surface area contributed by atoms with Gasteiger partial charge in [-0.2, -0.15) is 5.26 Å². The predicted molar refractivity (Wildman–Crippen MR) is 55.5 cm³/mol. The Bertz CT molecular complexity index is 534. The zero-order valence-electron chi connectivity index (χ0n) is 9.61. The molecule has 1 aromatic rings. The number of benzene rings is 1. The lowest BCUT2D eigenvalue weighted by Crippen LogP contribution is -2.17. The first-order chi connectivity index (χ1) is 8.78. The molecule has 0 saturated carbocycles. The number of halogens is 3. The van der Waals surface area contributed by atoms with E-state index in [2.05, 4.69) is 9.47 Å². The number of phenolic OH excluding ortho intramolecular Hbond substituents is 1. The van der Waals surface area contributed by atoms with Crippen LogP contribution in [-0.4, -0.2) is 24.0 Å². The summed E-state index contributed by atoms with van der Waals surface area (Å²) in [6.45, 7) is 1.54. The van der Waals surface area contributed by atoms with Crippen LogP contribution in [0.3, 0.4) is 0 Å². The Kier molecular flexibility index (Phi) is 4.22. The predicted octanol–water partition coefficient (Wildman–Crippen LogP) is 2.34. The van der Waals surface area contributed by atoms with Crippen LogP contribution in [0.2, 0.25) is 0 Å². The summed E-state index contributed by atoms with van der Waals surface area (Å²) >= 11 is 0. The van der Waals surface area contributed by atoms with Gasteiger partial charge < -0.3 is 14.6 Å². The number of esters is 1. The average molecular weight is 275 g/mol. The van der Waals surface area contributed by atoms with Gasteiger partial charge in [-0.15, -0.1) is 13.2 Å². The van der Waals surface area contributed by atoms with E-state index < -0.39 is 29.4 Å². The minimum absolute atomic E-state index is 0.0191. The van der Waals surface area contributed by atoms with E-state index in [1.165, 1.54) is 13.0 Å². The molecule has 0 radical (unpaired) electrons. The minimum Gasteiger partial charge on any atom is -0.504 e. The molecule has 0 aliphatic rings. The van der Waals surface area contributed by atoms with Gasteiger partial charge in [0.15, 0.2) is 11.5 Å². The molecule has 0 saturated heterocycles.